The number of hydrogen-bond acceptors (Lipinski definition) is 4. The highest BCUT2D eigenvalue weighted by Gasteiger charge is 2.11. The Morgan fingerprint density at radius 1 is 1.12 bits per heavy atom. The average Bonchev–Trinajstić information content (AvgIpc) is 2.55. The fourth-order valence-corrected chi connectivity index (χ4v) is 2.83. The Bertz CT molecular complexity index is 749. The minimum Gasteiger partial charge on any atom is -0.496 e. The lowest BCUT2D eigenvalue weighted by Gasteiger charge is -2.18. The molecule has 0 saturated carbocycles. The zero-order valence-electron chi connectivity index (χ0n) is 14.9. The van der Waals surface area contributed by atoms with E-state index >= 15 is 0 Å². The Kier molecular flexibility index (Phi) is 6.67. The van der Waals surface area contributed by atoms with Gasteiger partial charge in [0.15, 0.2) is 0 Å². The summed E-state index contributed by atoms with van der Waals surface area (Å²) in [5, 5.41) is 3.30. The second kappa shape index (κ2) is 8.74. The molecule has 0 spiro atoms. The van der Waals surface area contributed by atoms with Gasteiger partial charge >= 0.3 is 0 Å². The first kappa shape index (κ1) is 19.1. The Morgan fingerprint density at radius 2 is 1.80 bits per heavy atom. The smallest absolute Gasteiger partial charge is 0.238 e. The van der Waals surface area contributed by atoms with Gasteiger partial charge in [-0.05, 0) is 38.2 Å². The summed E-state index contributed by atoms with van der Waals surface area (Å²) in [4.78, 5) is 14.2. The number of likely N-dealkylation sites (N-methyl/N-ethyl adjacent to an activating group) is 1. The molecule has 2 rings (SSSR count). The Hall–Kier alpha value is -2.24. The second-order valence-corrected chi connectivity index (χ2v) is 6.29. The number of amides is 1. The minimum absolute atomic E-state index is 0.115. The minimum atomic E-state index is -0.115. The summed E-state index contributed by atoms with van der Waals surface area (Å²) >= 11 is 6.07. The zero-order valence-corrected chi connectivity index (χ0v) is 15.7. The fourth-order valence-electron chi connectivity index (χ4n) is 2.57. The van der Waals surface area contributed by atoms with Crippen molar-refractivity contribution >= 4 is 23.2 Å². The lowest BCUT2D eigenvalue weighted by molar-refractivity contribution is -0.117. The van der Waals surface area contributed by atoms with E-state index in [1.165, 1.54) is 0 Å². The van der Waals surface area contributed by atoms with Crippen LogP contribution in [0, 0.1) is 6.92 Å². The van der Waals surface area contributed by atoms with Gasteiger partial charge in [-0.25, -0.2) is 0 Å². The first-order valence-corrected chi connectivity index (χ1v) is 8.26. The van der Waals surface area contributed by atoms with Gasteiger partial charge in [0.2, 0.25) is 5.91 Å². The Balaban J connectivity index is 1.96. The highest BCUT2D eigenvalue weighted by Crippen LogP contribution is 2.27. The summed E-state index contributed by atoms with van der Waals surface area (Å²) in [5.74, 6) is 1.28. The molecule has 6 heteroatoms. The van der Waals surface area contributed by atoms with E-state index in [4.69, 9.17) is 21.1 Å². The number of ether oxygens (including phenoxy) is 2. The second-order valence-electron chi connectivity index (χ2n) is 5.89. The molecule has 0 unspecified atom stereocenters. The van der Waals surface area contributed by atoms with E-state index < -0.39 is 0 Å². The van der Waals surface area contributed by atoms with E-state index in [1.54, 1.807) is 32.4 Å². The van der Waals surface area contributed by atoms with Crippen LogP contribution in [-0.4, -0.2) is 38.6 Å². The molecule has 0 radical (unpaired) electrons. The van der Waals surface area contributed by atoms with Crippen molar-refractivity contribution < 1.29 is 14.3 Å². The van der Waals surface area contributed by atoms with Gasteiger partial charge in [0, 0.05) is 17.8 Å². The van der Waals surface area contributed by atoms with Gasteiger partial charge in [-0.15, -0.1) is 0 Å². The number of anilines is 1. The third-order valence-electron chi connectivity index (χ3n) is 3.73. The third kappa shape index (κ3) is 5.37. The predicted molar refractivity (Wildman–Crippen MR) is 101 cm³/mol. The van der Waals surface area contributed by atoms with E-state index in [0.717, 1.165) is 16.9 Å². The highest BCUT2D eigenvalue weighted by molar-refractivity contribution is 6.32. The molecular weight excluding hydrogens is 340 g/mol. The predicted octanol–water partition coefficient (Wildman–Crippen LogP) is 3.74. The van der Waals surface area contributed by atoms with Gasteiger partial charge in [-0.1, -0.05) is 29.3 Å². The number of carbonyl (C=O) groups excluding carboxylic acids is 1. The molecule has 25 heavy (non-hydrogen) atoms. The monoisotopic (exact) mass is 362 g/mol. The zero-order chi connectivity index (χ0) is 18.4. The maximum absolute atomic E-state index is 12.2. The van der Waals surface area contributed by atoms with Crippen molar-refractivity contribution in [1.82, 2.24) is 4.90 Å². The van der Waals surface area contributed by atoms with Crippen LogP contribution < -0.4 is 14.8 Å². The summed E-state index contributed by atoms with van der Waals surface area (Å²) in [6, 6.07) is 11.2. The SMILES string of the molecule is COc1ccc(NC(=O)CN(C)Cc2cc(C)ccc2OC)cc1Cl. The van der Waals surface area contributed by atoms with E-state index in [9.17, 15) is 4.79 Å². The molecule has 0 aliphatic heterocycles. The summed E-state index contributed by atoms with van der Waals surface area (Å²) < 4.78 is 10.5. The molecule has 0 fully saturated rings. The number of rotatable bonds is 7. The summed E-state index contributed by atoms with van der Waals surface area (Å²) in [5.41, 5.74) is 2.84. The largest absolute Gasteiger partial charge is 0.496 e. The number of carbonyl (C=O) groups is 1. The van der Waals surface area contributed by atoms with Crippen molar-refractivity contribution in [1.29, 1.82) is 0 Å². The van der Waals surface area contributed by atoms with Crippen LogP contribution in [0.4, 0.5) is 5.69 Å². The first-order valence-electron chi connectivity index (χ1n) is 7.88. The number of halogens is 1. The molecule has 1 N–H and O–H groups in total. The van der Waals surface area contributed by atoms with Gasteiger partial charge < -0.3 is 14.8 Å². The van der Waals surface area contributed by atoms with Crippen LogP contribution in [0.25, 0.3) is 0 Å². The number of hydrogen-bond donors (Lipinski definition) is 1. The van der Waals surface area contributed by atoms with Gasteiger partial charge in [-0.2, -0.15) is 0 Å². The molecule has 5 nitrogen and oxygen atoms in total. The quantitative estimate of drug-likeness (QED) is 0.815. The number of aryl methyl sites for hydroxylation is 1. The number of nitrogens with one attached hydrogen (secondary N) is 1. The first-order chi connectivity index (χ1) is 11.9. The number of methoxy groups -OCH3 is 2. The van der Waals surface area contributed by atoms with Gasteiger partial charge in [0.1, 0.15) is 11.5 Å². The molecule has 0 atom stereocenters. The van der Waals surface area contributed by atoms with Crippen molar-refractivity contribution in [3.63, 3.8) is 0 Å². The normalized spacial score (nSPS) is 10.6. The summed E-state index contributed by atoms with van der Waals surface area (Å²) in [6.07, 6.45) is 0. The molecular formula is C19H23ClN2O3. The van der Waals surface area contributed by atoms with Crippen LogP contribution in [0.15, 0.2) is 36.4 Å². The van der Waals surface area contributed by atoms with E-state index in [-0.39, 0.29) is 12.5 Å². The maximum atomic E-state index is 12.2. The van der Waals surface area contributed by atoms with Crippen LogP contribution in [-0.2, 0) is 11.3 Å². The molecule has 0 saturated heterocycles. The summed E-state index contributed by atoms with van der Waals surface area (Å²) in [6.45, 7) is 2.89. The standard InChI is InChI=1S/C19H23ClN2O3/c1-13-5-7-17(24-3)14(9-13)11-22(2)12-19(23)21-15-6-8-18(25-4)16(20)10-15/h5-10H,11-12H2,1-4H3,(H,21,23). The molecule has 0 aliphatic carbocycles. The molecule has 134 valence electrons. The van der Waals surface area contributed by atoms with Crippen molar-refractivity contribution in [2.45, 2.75) is 13.5 Å². The Morgan fingerprint density at radius 3 is 2.44 bits per heavy atom. The number of nitrogens with zero attached hydrogens (tertiary/aromatic N) is 1. The van der Waals surface area contributed by atoms with Crippen LogP contribution in [0.3, 0.4) is 0 Å². The molecule has 0 aromatic heterocycles. The maximum Gasteiger partial charge on any atom is 0.238 e. The lowest BCUT2D eigenvalue weighted by atomic mass is 10.1. The van der Waals surface area contributed by atoms with Crippen LogP contribution in [0.5, 0.6) is 11.5 Å². The van der Waals surface area contributed by atoms with Gasteiger partial charge in [0.05, 0.1) is 25.8 Å². The van der Waals surface area contributed by atoms with E-state index in [2.05, 4.69) is 11.4 Å². The molecule has 0 bridgehead atoms. The molecule has 0 heterocycles. The van der Waals surface area contributed by atoms with Crippen LogP contribution in [0.1, 0.15) is 11.1 Å². The molecule has 2 aromatic carbocycles. The van der Waals surface area contributed by atoms with E-state index in [1.807, 2.05) is 31.0 Å². The van der Waals surface area contributed by atoms with Gasteiger partial charge in [-0.3, -0.25) is 9.69 Å². The third-order valence-corrected chi connectivity index (χ3v) is 4.02. The van der Waals surface area contributed by atoms with Crippen LogP contribution in [0.2, 0.25) is 5.02 Å². The van der Waals surface area contributed by atoms with Gasteiger partial charge in [0.25, 0.3) is 0 Å². The summed E-state index contributed by atoms with van der Waals surface area (Å²) in [7, 11) is 5.09. The number of benzene rings is 2. The average molecular weight is 363 g/mol. The van der Waals surface area contributed by atoms with Crippen molar-refractivity contribution in [2.24, 2.45) is 0 Å². The van der Waals surface area contributed by atoms with Crippen molar-refractivity contribution in [3.05, 3.63) is 52.5 Å². The molecule has 1 amide bonds. The topological polar surface area (TPSA) is 50.8 Å². The van der Waals surface area contributed by atoms with Crippen molar-refractivity contribution in [3.8, 4) is 11.5 Å². The highest BCUT2D eigenvalue weighted by atomic mass is 35.5. The van der Waals surface area contributed by atoms with Crippen molar-refractivity contribution in [2.75, 3.05) is 33.1 Å². The molecule has 0 aliphatic rings. The Labute approximate surface area is 153 Å². The lowest BCUT2D eigenvalue weighted by Crippen LogP contribution is -2.30. The van der Waals surface area contributed by atoms with Crippen LogP contribution >= 0.6 is 11.6 Å². The molecule has 2 aromatic rings. The van der Waals surface area contributed by atoms with E-state index in [0.29, 0.717) is 23.0 Å². The fraction of sp³-hybridized carbons (Fsp3) is 0.316.